The lowest BCUT2D eigenvalue weighted by molar-refractivity contribution is -0.384. The molecule has 0 spiro atoms. The summed E-state index contributed by atoms with van der Waals surface area (Å²) in [6.45, 7) is 1.43. The highest BCUT2D eigenvalue weighted by Crippen LogP contribution is 2.25. The predicted molar refractivity (Wildman–Crippen MR) is 76.4 cm³/mol. The maximum absolute atomic E-state index is 13.0. The summed E-state index contributed by atoms with van der Waals surface area (Å²) in [5.41, 5.74) is 0.157. The Morgan fingerprint density at radius 1 is 1.45 bits per heavy atom. The van der Waals surface area contributed by atoms with Crippen molar-refractivity contribution in [2.45, 2.75) is 31.7 Å². The first-order valence-electron chi connectivity index (χ1n) is 6.96. The summed E-state index contributed by atoms with van der Waals surface area (Å²) in [6.07, 6.45) is 5.03. The number of nitrogens with zero attached hydrogens (tertiary/aromatic N) is 2. The molecule has 0 saturated heterocycles. The van der Waals surface area contributed by atoms with Crippen molar-refractivity contribution in [1.29, 1.82) is 0 Å². The van der Waals surface area contributed by atoms with Crippen LogP contribution in [0.15, 0.2) is 18.2 Å². The van der Waals surface area contributed by atoms with Gasteiger partial charge in [0.05, 0.1) is 11.0 Å². The van der Waals surface area contributed by atoms with Crippen LogP contribution < -0.4 is 5.32 Å². The molecule has 0 aliphatic heterocycles. The zero-order valence-corrected chi connectivity index (χ0v) is 11.6. The summed E-state index contributed by atoms with van der Waals surface area (Å²) in [7, 11) is 2.08. The van der Waals surface area contributed by atoms with Crippen molar-refractivity contribution < 1.29 is 9.31 Å². The topological polar surface area (TPSA) is 58.4 Å². The van der Waals surface area contributed by atoms with Gasteiger partial charge < -0.3 is 10.2 Å². The fourth-order valence-corrected chi connectivity index (χ4v) is 2.70. The minimum atomic E-state index is -0.592. The van der Waals surface area contributed by atoms with E-state index < -0.39 is 10.7 Å². The van der Waals surface area contributed by atoms with Gasteiger partial charge in [-0.15, -0.1) is 0 Å². The standard InChI is InChI=1S/C14H20FN3O2/c1-17(12-4-2-3-5-12)9-8-16-13-7-6-11(15)10-14(13)18(19)20/h6-7,10,12,16H,2-5,8-9H2,1H3. The maximum Gasteiger partial charge on any atom is 0.295 e. The molecule has 0 unspecified atom stereocenters. The van der Waals surface area contributed by atoms with E-state index in [4.69, 9.17) is 0 Å². The second-order valence-corrected chi connectivity index (χ2v) is 5.26. The Bertz CT molecular complexity index is 475. The van der Waals surface area contributed by atoms with Crippen molar-refractivity contribution in [3.63, 3.8) is 0 Å². The van der Waals surface area contributed by atoms with Crippen molar-refractivity contribution in [3.8, 4) is 0 Å². The van der Waals surface area contributed by atoms with Crippen LogP contribution in [-0.4, -0.2) is 36.0 Å². The molecule has 5 nitrogen and oxygen atoms in total. The van der Waals surface area contributed by atoms with Gasteiger partial charge in [-0.2, -0.15) is 0 Å². The van der Waals surface area contributed by atoms with Gasteiger partial charge in [-0.25, -0.2) is 4.39 Å². The third-order valence-corrected chi connectivity index (χ3v) is 3.88. The molecule has 110 valence electrons. The minimum absolute atomic E-state index is 0.214. The normalized spacial score (nSPS) is 15.8. The van der Waals surface area contributed by atoms with Crippen LogP contribution in [-0.2, 0) is 0 Å². The van der Waals surface area contributed by atoms with Crippen molar-refractivity contribution in [2.24, 2.45) is 0 Å². The number of rotatable bonds is 6. The third-order valence-electron chi connectivity index (χ3n) is 3.88. The van der Waals surface area contributed by atoms with Gasteiger partial charge in [0, 0.05) is 19.1 Å². The lowest BCUT2D eigenvalue weighted by atomic mass is 10.2. The molecule has 2 rings (SSSR count). The van der Waals surface area contributed by atoms with Crippen LogP contribution in [0.3, 0.4) is 0 Å². The molecule has 1 aromatic rings. The molecule has 1 aromatic carbocycles. The summed E-state index contributed by atoms with van der Waals surface area (Å²) in [6, 6.07) is 4.22. The van der Waals surface area contributed by atoms with Gasteiger partial charge >= 0.3 is 0 Å². The highest BCUT2D eigenvalue weighted by molar-refractivity contribution is 5.61. The molecule has 0 bridgehead atoms. The van der Waals surface area contributed by atoms with E-state index in [0.717, 1.165) is 12.6 Å². The van der Waals surface area contributed by atoms with E-state index in [1.54, 1.807) is 0 Å². The van der Waals surface area contributed by atoms with Crippen LogP contribution in [0.5, 0.6) is 0 Å². The molecule has 1 aliphatic rings. The molecule has 0 amide bonds. The summed E-state index contributed by atoms with van der Waals surface area (Å²) in [4.78, 5) is 12.6. The Kier molecular flexibility index (Phi) is 4.89. The summed E-state index contributed by atoms with van der Waals surface area (Å²) in [5.74, 6) is -0.592. The van der Waals surface area contributed by atoms with E-state index in [1.165, 1.54) is 37.8 Å². The molecule has 0 radical (unpaired) electrons. The number of likely N-dealkylation sites (N-methyl/N-ethyl adjacent to an activating group) is 1. The van der Waals surface area contributed by atoms with Crippen LogP contribution in [0.4, 0.5) is 15.8 Å². The van der Waals surface area contributed by atoms with Crippen molar-refractivity contribution in [3.05, 3.63) is 34.1 Å². The Labute approximate surface area is 117 Å². The summed E-state index contributed by atoms with van der Waals surface area (Å²) >= 11 is 0. The van der Waals surface area contributed by atoms with Crippen LogP contribution in [0.25, 0.3) is 0 Å². The van der Waals surface area contributed by atoms with Gasteiger partial charge in [-0.1, -0.05) is 12.8 Å². The zero-order chi connectivity index (χ0) is 14.5. The second kappa shape index (κ2) is 6.65. The molecular weight excluding hydrogens is 261 g/mol. The van der Waals surface area contributed by atoms with Crippen LogP contribution in [0.2, 0.25) is 0 Å². The van der Waals surface area contributed by atoms with Crippen LogP contribution in [0.1, 0.15) is 25.7 Å². The average molecular weight is 281 g/mol. The van der Waals surface area contributed by atoms with E-state index in [0.29, 0.717) is 18.3 Å². The first kappa shape index (κ1) is 14.7. The monoisotopic (exact) mass is 281 g/mol. The Morgan fingerprint density at radius 3 is 2.80 bits per heavy atom. The SMILES string of the molecule is CN(CCNc1ccc(F)cc1[N+](=O)[O-])C1CCCC1. The first-order chi connectivity index (χ1) is 9.58. The number of hydrogen-bond donors (Lipinski definition) is 1. The smallest absolute Gasteiger partial charge is 0.295 e. The number of nitro groups is 1. The van der Waals surface area contributed by atoms with Gasteiger partial charge in [0.2, 0.25) is 0 Å². The molecule has 20 heavy (non-hydrogen) atoms. The maximum atomic E-state index is 13.0. The molecule has 1 saturated carbocycles. The Balaban J connectivity index is 1.89. The van der Waals surface area contributed by atoms with Crippen molar-refractivity contribution in [1.82, 2.24) is 4.90 Å². The largest absolute Gasteiger partial charge is 0.378 e. The molecule has 0 aromatic heterocycles. The predicted octanol–water partition coefficient (Wildman–Crippen LogP) is 3.02. The third kappa shape index (κ3) is 3.66. The number of anilines is 1. The van der Waals surface area contributed by atoms with E-state index in [9.17, 15) is 14.5 Å². The fraction of sp³-hybridized carbons (Fsp3) is 0.571. The van der Waals surface area contributed by atoms with Crippen molar-refractivity contribution >= 4 is 11.4 Å². The van der Waals surface area contributed by atoms with Gasteiger partial charge in [-0.3, -0.25) is 10.1 Å². The molecule has 1 N–H and O–H groups in total. The van der Waals surface area contributed by atoms with Gasteiger partial charge in [-0.05, 0) is 32.0 Å². The van der Waals surface area contributed by atoms with E-state index >= 15 is 0 Å². The van der Waals surface area contributed by atoms with Crippen LogP contribution in [0, 0.1) is 15.9 Å². The minimum Gasteiger partial charge on any atom is -0.378 e. The second-order valence-electron chi connectivity index (χ2n) is 5.26. The number of benzene rings is 1. The Morgan fingerprint density at radius 2 is 2.15 bits per heavy atom. The van der Waals surface area contributed by atoms with Gasteiger partial charge in [0.15, 0.2) is 0 Å². The van der Waals surface area contributed by atoms with Crippen LogP contribution >= 0.6 is 0 Å². The molecule has 1 fully saturated rings. The summed E-state index contributed by atoms with van der Waals surface area (Å²) < 4.78 is 13.0. The highest BCUT2D eigenvalue weighted by Gasteiger charge is 2.19. The molecule has 1 aliphatic carbocycles. The molecule has 0 heterocycles. The fourth-order valence-electron chi connectivity index (χ4n) is 2.70. The average Bonchev–Trinajstić information content (AvgIpc) is 2.94. The first-order valence-corrected chi connectivity index (χ1v) is 6.96. The van der Waals surface area contributed by atoms with E-state index in [2.05, 4.69) is 17.3 Å². The lowest BCUT2D eigenvalue weighted by Gasteiger charge is -2.24. The number of hydrogen-bond acceptors (Lipinski definition) is 4. The quantitative estimate of drug-likeness (QED) is 0.643. The zero-order valence-electron chi connectivity index (χ0n) is 11.6. The van der Waals surface area contributed by atoms with E-state index in [-0.39, 0.29) is 5.69 Å². The molecular formula is C14H20FN3O2. The van der Waals surface area contributed by atoms with E-state index in [1.807, 2.05) is 0 Å². The summed E-state index contributed by atoms with van der Waals surface area (Å²) in [5, 5.41) is 13.9. The number of halogens is 1. The number of nitro benzene ring substituents is 1. The lowest BCUT2D eigenvalue weighted by Crippen LogP contribution is -2.33. The van der Waals surface area contributed by atoms with Gasteiger partial charge in [0.25, 0.3) is 5.69 Å². The Hall–Kier alpha value is -1.69. The van der Waals surface area contributed by atoms with Gasteiger partial charge in [0.1, 0.15) is 11.5 Å². The molecule has 0 atom stereocenters. The van der Waals surface area contributed by atoms with Crippen molar-refractivity contribution in [2.75, 3.05) is 25.5 Å². The highest BCUT2D eigenvalue weighted by atomic mass is 19.1. The number of nitrogens with one attached hydrogen (secondary N) is 1. The molecule has 6 heteroatoms.